The minimum Gasteiger partial charge on any atom is -0.320 e. The summed E-state index contributed by atoms with van der Waals surface area (Å²) in [5.41, 5.74) is 0.773. The standard InChI is InChI=1S/C20H17N3O6S/c1-12-7-8-14(15(9-12)23(28)29)21-18(25)10-17-19(26)22(20(27)30-17)11-16(24)13-5-3-2-4-6-13/h2-9,17H,10-11H2,1H3,(H,21,25). The van der Waals surface area contributed by atoms with Gasteiger partial charge in [0.15, 0.2) is 5.78 Å². The quantitative estimate of drug-likeness (QED) is 0.408. The van der Waals surface area contributed by atoms with Gasteiger partial charge in [-0.15, -0.1) is 0 Å². The first-order chi connectivity index (χ1) is 14.3. The zero-order chi connectivity index (χ0) is 21.8. The van der Waals surface area contributed by atoms with Crippen LogP contribution >= 0.6 is 11.8 Å². The summed E-state index contributed by atoms with van der Waals surface area (Å²) in [5.74, 6) is -1.67. The van der Waals surface area contributed by atoms with Gasteiger partial charge in [-0.3, -0.25) is 34.2 Å². The molecular weight excluding hydrogens is 410 g/mol. The molecule has 1 saturated heterocycles. The maximum atomic E-state index is 12.5. The van der Waals surface area contributed by atoms with Gasteiger partial charge in [0.1, 0.15) is 10.9 Å². The average Bonchev–Trinajstić information content (AvgIpc) is 2.97. The highest BCUT2D eigenvalue weighted by molar-refractivity contribution is 8.15. The Hall–Kier alpha value is -3.53. The van der Waals surface area contributed by atoms with Gasteiger partial charge in [-0.1, -0.05) is 48.2 Å². The molecule has 0 bridgehead atoms. The van der Waals surface area contributed by atoms with Crippen LogP contribution in [-0.2, 0) is 9.59 Å². The predicted octanol–water partition coefficient (Wildman–Crippen LogP) is 3.18. The van der Waals surface area contributed by atoms with Crippen LogP contribution in [0, 0.1) is 17.0 Å². The molecule has 10 heteroatoms. The number of Topliss-reactive ketones (excluding diaryl/α,β-unsaturated/α-hetero) is 1. The Balaban J connectivity index is 1.65. The molecule has 0 spiro atoms. The number of imide groups is 1. The molecule has 1 N–H and O–H groups in total. The van der Waals surface area contributed by atoms with Crippen LogP contribution in [0.4, 0.5) is 16.2 Å². The molecule has 1 unspecified atom stereocenters. The third kappa shape index (κ3) is 4.71. The Bertz CT molecular complexity index is 1040. The summed E-state index contributed by atoms with van der Waals surface area (Å²) >= 11 is 0.661. The summed E-state index contributed by atoms with van der Waals surface area (Å²) in [6.45, 7) is 1.28. The SMILES string of the molecule is Cc1ccc(NC(=O)CC2SC(=O)N(CC(=O)c3ccccc3)C2=O)c([N+](=O)[O-])c1. The van der Waals surface area contributed by atoms with Gasteiger partial charge in [0.2, 0.25) is 11.8 Å². The van der Waals surface area contributed by atoms with Crippen LogP contribution in [0.5, 0.6) is 0 Å². The number of thioether (sulfide) groups is 1. The summed E-state index contributed by atoms with van der Waals surface area (Å²) in [7, 11) is 0. The molecule has 3 rings (SSSR count). The van der Waals surface area contributed by atoms with E-state index < -0.39 is 39.6 Å². The fraction of sp³-hybridized carbons (Fsp3) is 0.200. The van der Waals surface area contributed by atoms with Gasteiger partial charge in [-0.25, -0.2) is 0 Å². The van der Waals surface area contributed by atoms with Crippen molar-refractivity contribution in [3.05, 3.63) is 69.8 Å². The highest BCUT2D eigenvalue weighted by Crippen LogP contribution is 2.31. The van der Waals surface area contributed by atoms with Crippen LogP contribution in [0.1, 0.15) is 22.3 Å². The smallest absolute Gasteiger partial charge is 0.293 e. The molecule has 1 aliphatic rings. The van der Waals surface area contributed by atoms with E-state index in [9.17, 15) is 29.3 Å². The number of rotatable bonds is 7. The number of carbonyl (C=O) groups is 4. The summed E-state index contributed by atoms with van der Waals surface area (Å²) < 4.78 is 0. The number of aryl methyl sites for hydroxylation is 1. The topological polar surface area (TPSA) is 127 Å². The lowest BCUT2D eigenvalue weighted by atomic mass is 10.1. The molecule has 9 nitrogen and oxygen atoms in total. The van der Waals surface area contributed by atoms with Gasteiger partial charge < -0.3 is 5.32 Å². The van der Waals surface area contributed by atoms with Gasteiger partial charge in [0, 0.05) is 18.1 Å². The lowest BCUT2D eigenvalue weighted by molar-refractivity contribution is -0.384. The normalized spacial score (nSPS) is 15.9. The lowest BCUT2D eigenvalue weighted by Gasteiger charge is -2.13. The Labute approximate surface area is 175 Å². The minimum absolute atomic E-state index is 0.00786. The second kappa shape index (κ2) is 8.87. The zero-order valence-corrected chi connectivity index (χ0v) is 16.7. The molecule has 2 aromatic carbocycles. The first kappa shape index (κ1) is 21.2. The van der Waals surface area contributed by atoms with E-state index in [1.165, 1.54) is 12.1 Å². The summed E-state index contributed by atoms with van der Waals surface area (Å²) in [6, 6.07) is 12.6. The van der Waals surface area contributed by atoms with Gasteiger partial charge >= 0.3 is 0 Å². The molecule has 0 saturated carbocycles. The van der Waals surface area contributed by atoms with Crippen LogP contribution in [-0.4, -0.2) is 44.5 Å². The number of amides is 3. The maximum absolute atomic E-state index is 12.5. The number of nitro groups is 1. The number of nitro benzene ring substituents is 1. The molecule has 1 heterocycles. The van der Waals surface area contributed by atoms with Gasteiger partial charge in [0.25, 0.3) is 10.9 Å². The summed E-state index contributed by atoms with van der Waals surface area (Å²) in [4.78, 5) is 60.7. The molecule has 30 heavy (non-hydrogen) atoms. The monoisotopic (exact) mass is 427 g/mol. The number of nitrogens with zero attached hydrogens (tertiary/aromatic N) is 2. The van der Waals surface area contributed by atoms with E-state index in [1.54, 1.807) is 43.3 Å². The zero-order valence-electron chi connectivity index (χ0n) is 15.9. The maximum Gasteiger partial charge on any atom is 0.293 e. The highest BCUT2D eigenvalue weighted by atomic mass is 32.2. The van der Waals surface area contributed by atoms with Crippen LogP contribution in [0.15, 0.2) is 48.5 Å². The molecule has 2 aromatic rings. The molecular formula is C20H17N3O6S. The van der Waals surface area contributed by atoms with E-state index >= 15 is 0 Å². The van der Waals surface area contributed by atoms with Crippen molar-refractivity contribution in [2.24, 2.45) is 0 Å². The molecule has 154 valence electrons. The van der Waals surface area contributed by atoms with E-state index in [0.29, 0.717) is 22.9 Å². The van der Waals surface area contributed by atoms with Crippen molar-refractivity contribution in [1.82, 2.24) is 4.90 Å². The van der Waals surface area contributed by atoms with Gasteiger partial charge in [0.05, 0.1) is 11.5 Å². The third-order valence-electron chi connectivity index (χ3n) is 4.40. The average molecular weight is 427 g/mol. The van der Waals surface area contributed by atoms with Crippen LogP contribution < -0.4 is 5.32 Å². The fourth-order valence-corrected chi connectivity index (χ4v) is 3.89. The van der Waals surface area contributed by atoms with Crippen molar-refractivity contribution in [2.75, 3.05) is 11.9 Å². The summed E-state index contributed by atoms with van der Waals surface area (Å²) in [5, 5.41) is 12.0. The van der Waals surface area contributed by atoms with E-state index in [0.717, 1.165) is 4.90 Å². The third-order valence-corrected chi connectivity index (χ3v) is 5.47. The molecule has 3 amide bonds. The van der Waals surface area contributed by atoms with Crippen LogP contribution in [0.2, 0.25) is 0 Å². The molecule has 0 radical (unpaired) electrons. The fourth-order valence-electron chi connectivity index (χ4n) is 2.90. The molecule has 0 aliphatic carbocycles. The molecule has 1 atom stereocenters. The number of hydrogen-bond acceptors (Lipinski definition) is 7. The van der Waals surface area contributed by atoms with Crippen molar-refractivity contribution in [3.63, 3.8) is 0 Å². The van der Waals surface area contributed by atoms with Gasteiger partial charge in [-0.2, -0.15) is 0 Å². The molecule has 1 fully saturated rings. The van der Waals surface area contributed by atoms with Crippen molar-refractivity contribution in [1.29, 1.82) is 0 Å². The van der Waals surface area contributed by atoms with Crippen molar-refractivity contribution < 1.29 is 24.1 Å². The van der Waals surface area contributed by atoms with Crippen molar-refractivity contribution in [3.8, 4) is 0 Å². The largest absolute Gasteiger partial charge is 0.320 e. The molecule has 1 aliphatic heterocycles. The number of nitrogens with one attached hydrogen (secondary N) is 1. The van der Waals surface area contributed by atoms with Crippen molar-refractivity contribution >= 4 is 46.0 Å². The molecule has 0 aromatic heterocycles. The Kier molecular flexibility index (Phi) is 6.26. The number of anilines is 1. The number of carbonyl (C=O) groups excluding carboxylic acids is 4. The Morgan fingerprint density at radius 3 is 2.53 bits per heavy atom. The van der Waals surface area contributed by atoms with Crippen LogP contribution in [0.25, 0.3) is 0 Å². The highest BCUT2D eigenvalue weighted by Gasteiger charge is 2.41. The van der Waals surface area contributed by atoms with E-state index in [4.69, 9.17) is 0 Å². The number of hydrogen-bond donors (Lipinski definition) is 1. The Morgan fingerprint density at radius 2 is 1.87 bits per heavy atom. The van der Waals surface area contributed by atoms with E-state index in [-0.39, 0.29) is 17.8 Å². The van der Waals surface area contributed by atoms with E-state index in [2.05, 4.69) is 5.32 Å². The summed E-state index contributed by atoms with van der Waals surface area (Å²) in [6.07, 6.45) is -0.351. The van der Waals surface area contributed by atoms with Crippen molar-refractivity contribution in [2.45, 2.75) is 18.6 Å². The minimum atomic E-state index is -0.995. The number of ketones is 1. The number of benzene rings is 2. The lowest BCUT2D eigenvalue weighted by Crippen LogP contribution is -2.36. The van der Waals surface area contributed by atoms with E-state index in [1.807, 2.05) is 0 Å². The van der Waals surface area contributed by atoms with Gasteiger partial charge in [-0.05, 0) is 18.6 Å². The first-order valence-corrected chi connectivity index (χ1v) is 9.79. The predicted molar refractivity (Wildman–Crippen MR) is 110 cm³/mol. The Morgan fingerprint density at radius 1 is 1.17 bits per heavy atom. The first-order valence-electron chi connectivity index (χ1n) is 8.91. The second-order valence-corrected chi connectivity index (χ2v) is 7.77. The van der Waals surface area contributed by atoms with Crippen LogP contribution in [0.3, 0.4) is 0 Å². The second-order valence-electron chi connectivity index (χ2n) is 6.62.